The van der Waals surface area contributed by atoms with Crippen LogP contribution in [0.4, 0.5) is 0 Å². The van der Waals surface area contributed by atoms with E-state index < -0.39 is 0 Å². The molecule has 3 heteroatoms. The third-order valence-electron chi connectivity index (χ3n) is 1.56. The molecule has 0 aromatic heterocycles. The van der Waals surface area contributed by atoms with E-state index in [0.717, 1.165) is 14.3 Å². The molecule has 0 atom stereocenters. The molecule has 0 fully saturated rings. The van der Waals surface area contributed by atoms with Crippen molar-refractivity contribution in [3.63, 3.8) is 0 Å². The van der Waals surface area contributed by atoms with Gasteiger partial charge < -0.3 is 0 Å². The Labute approximate surface area is 110 Å². The van der Waals surface area contributed by atoms with Crippen molar-refractivity contribution in [3.8, 4) is 0 Å². The van der Waals surface area contributed by atoms with Crippen LogP contribution in [0.1, 0.15) is 0 Å². The summed E-state index contributed by atoms with van der Waals surface area (Å²) in [5.74, 6) is 0. The maximum absolute atomic E-state index is 4.11. The van der Waals surface area contributed by atoms with E-state index in [4.69, 9.17) is 0 Å². The van der Waals surface area contributed by atoms with Crippen LogP contribution >= 0.6 is 41.2 Å². The summed E-state index contributed by atoms with van der Waals surface area (Å²) in [6.07, 6.45) is 0. The number of rotatable bonds is 0. The summed E-state index contributed by atoms with van der Waals surface area (Å²) in [5.41, 5.74) is 0. The van der Waals surface area contributed by atoms with E-state index >= 15 is 0 Å². The highest BCUT2D eigenvalue weighted by molar-refractivity contribution is 9.10. The Morgan fingerprint density at radius 3 is 1.53 bits per heavy atom. The number of halogens is 1. The van der Waals surface area contributed by atoms with Crippen LogP contribution in [0.3, 0.4) is 0 Å². The molecule has 2 aromatic carbocycles. The minimum atomic E-state index is 0.956. The Morgan fingerprint density at radius 2 is 1.27 bits per heavy atom. The lowest BCUT2D eigenvalue weighted by atomic mass is 10.4. The highest BCUT2D eigenvalue weighted by Crippen LogP contribution is 2.10. The Bertz CT molecular complexity index is 384. The molecule has 78 valence electrons. The zero-order valence-electron chi connectivity index (χ0n) is 7.97. The van der Waals surface area contributed by atoms with Gasteiger partial charge in [-0.15, -0.1) is 25.3 Å². The fourth-order valence-electron chi connectivity index (χ4n) is 0.908. The van der Waals surface area contributed by atoms with Crippen LogP contribution in [-0.4, -0.2) is 0 Å². The van der Waals surface area contributed by atoms with E-state index in [1.807, 2.05) is 54.6 Å². The largest absolute Gasteiger partial charge is 0.143 e. The van der Waals surface area contributed by atoms with Crippen molar-refractivity contribution in [1.29, 1.82) is 0 Å². The first-order valence-corrected chi connectivity index (χ1v) is 6.06. The van der Waals surface area contributed by atoms with Gasteiger partial charge in [0.15, 0.2) is 0 Å². The average molecular weight is 299 g/mol. The summed E-state index contributed by atoms with van der Waals surface area (Å²) >= 11 is 11.5. The lowest BCUT2D eigenvalue weighted by molar-refractivity contribution is 1.35. The quantitative estimate of drug-likeness (QED) is 0.647. The van der Waals surface area contributed by atoms with Gasteiger partial charge in [-0.1, -0.05) is 40.2 Å². The van der Waals surface area contributed by atoms with E-state index in [1.54, 1.807) is 0 Å². The van der Waals surface area contributed by atoms with Gasteiger partial charge in [-0.3, -0.25) is 0 Å². The maximum atomic E-state index is 4.11. The van der Waals surface area contributed by atoms with Gasteiger partial charge in [0.1, 0.15) is 0 Å². The molecule has 0 radical (unpaired) electrons. The first-order valence-electron chi connectivity index (χ1n) is 4.37. The molecule has 0 aliphatic carbocycles. The summed E-state index contributed by atoms with van der Waals surface area (Å²) in [5, 5.41) is 0. The number of benzene rings is 2. The van der Waals surface area contributed by atoms with Gasteiger partial charge in [-0.2, -0.15) is 0 Å². The number of hydrogen-bond donors (Lipinski definition) is 2. The van der Waals surface area contributed by atoms with Crippen molar-refractivity contribution < 1.29 is 0 Å². The predicted molar refractivity (Wildman–Crippen MR) is 75.1 cm³/mol. The normalized spacial score (nSPS) is 9.00. The van der Waals surface area contributed by atoms with Crippen molar-refractivity contribution in [2.24, 2.45) is 0 Å². The molecule has 0 saturated heterocycles. The van der Waals surface area contributed by atoms with E-state index in [0.29, 0.717) is 0 Å². The maximum Gasteiger partial charge on any atom is 0.0175 e. The zero-order chi connectivity index (χ0) is 11.1. The van der Waals surface area contributed by atoms with Gasteiger partial charge >= 0.3 is 0 Å². The van der Waals surface area contributed by atoms with Crippen LogP contribution in [0.5, 0.6) is 0 Å². The molecule has 0 amide bonds. The van der Waals surface area contributed by atoms with E-state index in [-0.39, 0.29) is 0 Å². The molecule has 0 unspecified atom stereocenters. The average Bonchev–Trinajstić information content (AvgIpc) is 2.19. The molecule has 15 heavy (non-hydrogen) atoms. The van der Waals surface area contributed by atoms with Gasteiger partial charge in [-0.25, -0.2) is 0 Å². The summed E-state index contributed by atoms with van der Waals surface area (Å²) in [6, 6.07) is 17.6. The number of hydrogen-bond acceptors (Lipinski definition) is 2. The molecular formula is C12H11BrS2. The Hall–Kier alpha value is -0.380. The lowest BCUT2D eigenvalue weighted by Crippen LogP contribution is -1.63. The van der Waals surface area contributed by atoms with Crippen molar-refractivity contribution in [2.75, 3.05) is 0 Å². The van der Waals surface area contributed by atoms with Gasteiger partial charge in [-0.05, 0) is 30.3 Å². The van der Waals surface area contributed by atoms with Crippen LogP contribution in [0, 0.1) is 0 Å². The third kappa shape index (κ3) is 5.92. The van der Waals surface area contributed by atoms with Crippen molar-refractivity contribution in [2.45, 2.75) is 9.79 Å². The van der Waals surface area contributed by atoms with E-state index in [9.17, 15) is 0 Å². The van der Waals surface area contributed by atoms with Gasteiger partial charge in [0.05, 0.1) is 0 Å². The number of thiol groups is 2. The summed E-state index contributed by atoms with van der Waals surface area (Å²) in [4.78, 5) is 1.91. The Balaban J connectivity index is 0.000000151. The van der Waals surface area contributed by atoms with Crippen molar-refractivity contribution in [3.05, 3.63) is 59.1 Å². The Kier molecular flexibility index (Phi) is 5.91. The monoisotopic (exact) mass is 298 g/mol. The van der Waals surface area contributed by atoms with Crippen molar-refractivity contribution in [1.82, 2.24) is 0 Å². The Morgan fingerprint density at radius 1 is 0.733 bits per heavy atom. The topological polar surface area (TPSA) is 0 Å². The van der Waals surface area contributed by atoms with Gasteiger partial charge in [0.25, 0.3) is 0 Å². The van der Waals surface area contributed by atoms with Crippen LogP contribution in [0.25, 0.3) is 0 Å². The molecule has 0 aliphatic rings. The molecule has 0 nitrogen and oxygen atoms in total. The predicted octanol–water partition coefficient (Wildman–Crippen LogP) is 4.71. The minimum Gasteiger partial charge on any atom is -0.143 e. The highest BCUT2D eigenvalue weighted by atomic mass is 79.9. The van der Waals surface area contributed by atoms with Crippen LogP contribution in [-0.2, 0) is 0 Å². The van der Waals surface area contributed by atoms with Crippen LogP contribution in [0.15, 0.2) is 68.9 Å². The minimum absolute atomic E-state index is 0.956. The summed E-state index contributed by atoms with van der Waals surface area (Å²) in [6.45, 7) is 0. The molecule has 0 N–H and O–H groups in total. The second kappa shape index (κ2) is 6.99. The van der Waals surface area contributed by atoms with Crippen LogP contribution < -0.4 is 0 Å². The molecule has 2 aromatic rings. The second-order valence-electron chi connectivity index (χ2n) is 2.82. The SMILES string of the molecule is Brc1ccccc1.Sc1cccc(S)c1. The molecule has 2 rings (SSSR count). The fourth-order valence-corrected chi connectivity index (χ4v) is 1.77. The summed E-state index contributed by atoms with van der Waals surface area (Å²) in [7, 11) is 0. The lowest BCUT2D eigenvalue weighted by Gasteiger charge is -1.89. The standard InChI is InChI=1S/C6H5Br.C6H6S2/c7-6-4-2-1-3-5-6;7-5-2-1-3-6(8)4-5/h1-5H;1-4,7-8H. The smallest absolute Gasteiger partial charge is 0.0175 e. The van der Waals surface area contributed by atoms with Gasteiger partial charge in [0.2, 0.25) is 0 Å². The van der Waals surface area contributed by atoms with E-state index in [1.165, 1.54) is 0 Å². The third-order valence-corrected chi connectivity index (χ3v) is 2.65. The first kappa shape index (κ1) is 12.7. The molecular weight excluding hydrogens is 288 g/mol. The fraction of sp³-hybridized carbons (Fsp3) is 0. The molecule has 0 aliphatic heterocycles. The highest BCUT2D eigenvalue weighted by Gasteiger charge is 1.82. The van der Waals surface area contributed by atoms with E-state index in [2.05, 4.69) is 41.2 Å². The van der Waals surface area contributed by atoms with Gasteiger partial charge in [0, 0.05) is 14.3 Å². The summed E-state index contributed by atoms with van der Waals surface area (Å²) < 4.78 is 1.13. The molecule has 0 heterocycles. The second-order valence-corrected chi connectivity index (χ2v) is 4.76. The van der Waals surface area contributed by atoms with Crippen LogP contribution in [0.2, 0.25) is 0 Å². The van der Waals surface area contributed by atoms with Crippen molar-refractivity contribution >= 4 is 41.2 Å². The molecule has 0 bridgehead atoms. The molecule has 0 spiro atoms. The first-order chi connectivity index (χ1) is 7.18. The molecule has 0 saturated carbocycles. The zero-order valence-corrected chi connectivity index (χ0v) is 11.3.